The van der Waals surface area contributed by atoms with Gasteiger partial charge in [0, 0.05) is 7.11 Å². The first-order valence-electron chi connectivity index (χ1n) is 5.27. The van der Waals surface area contributed by atoms with Gasteiger partial charge in [0.05, 0.1) is 11.7 Å². The lowest BCUT2D eigenvalue weighted by Gasteiger charge is -2.41. The Bertz CT molecular complexity index is 214. The van der Waals surface area contributed by atoms with Crippen molar-refractivity contribution < 1.29 is 4.74 Å². The number of nitriles is 1. The molecule has 0 heterocycles. The molecule has 1 saturated carbocycles. The van der Waals surface area contributed by atoms with E-state index in [1.165, 1.54) is 19.3 Å². The second-order valence-electron chi connectivity index (χ2n) is 4.32. The van der Waals surface area contributed by atoms with Crippen molar-refractivity contribution in [2.75, 3.05) is 21.2 Å². The van der Waals surface area contributed by atoms with Crippen LogP contribution in [0.5, 0.6) is 0 Å². The average molecular weight is 196 g/mol. The fraction of sp³-hybridized carbons (Fsp3) is 0.909. The van der Waals surface area contributed by atoms with Gasteiger partial charge in [-0.1, -0.05) is 19.3 Å². The Kier molecular flexibility index (Phi) is 3.91. The molecule has 0 aliphatic heterocycles. The summed E-state index contributed by atoms with van der Waals surface area (Å²) in [6.45, 7) is 0. The van der Waals surface area contributed by atoms with Crippen LogP contribution in [0.15, 0.2) is 0 Å². The van der Waals surface area contributed by atoms with E-state index in [1.54, 1.807) is 7.11 Å². The molecule has 3 nitrogen and oxygen atoms in total. The smallest absolute Gasteiger partial charge is 0.127 e. The van der Waals surface area contributed by atoms with Crippen LogP contribution >= 0.6 is 0 Å². The molecule has 1 aliphatic carbocycles. The summed E-state index contributed by atoms with van der Waals surface area (Å²) in [7, 11) is 5.63. The number of nitrogens with zero attached hydrogens (tertiary/aromatic N) is 2. The Morgan fingerprint density at radius 1 is 1.29 bits per heavy atom. The van der Waals surface area contributed by atoms with Gasteiger partial charge >= 0.3 is 0 Å². The molecule has 80 valence electrons. The lowest BCUT2D eigenvalue weighted by atomic mass is 9.79. The summed E-state index contributed by atoms with van der Waals surface area (Å²) in [5.74, 6) is 0. The molecule has 1 fully saturated rings. The summed E-state index contributed by atoms with van der Waals surface area (Å²) in [6, 6.07) is 2.25. The van der Waals surface area contributed by atoms with Crippen molar-refractivity contribution in [1.82, 2.24) is 4.90 Å². The Morgan fingerprint density at radius 3 is 2.21 bits per heavy atom. The van der Waals surface area contributed by atoms with Gasteiger partial charge in [0.25, 0.3) is 0 Å². The van der Waals surface area contributed by atoms with Crippen molar-refractivity contribution >= 4 is 0 Å². The van der Waals surface area contributed by atoms with Crippen LogP contribution < -0.4 is 0 Å². The molecule has 3 heteroatoms. The van der Waals surface area contributed by atoms with Crippen LogP contribution in [-0.2, 0) is 4.74 Å². The van der Waals surface area contributed by atoms with Crippen molar-refractivity contribution in [3.05, 3.63) is 0 Å². The predicted octanol–water partition coefficient (Wildman–Crippen LogP) is 1.79. The highest BCUT2D eigenvalue weighted by atomic mass is 16.5. The molecular weight excluding hydrogens is 176 g/mol. The van der Waals surface area contributed by atoms with Crippen molar-refractivity contribution in [1.29, 1.82) is 5.26 Å². The topological polar surface area (TPSA) is 36.3 Å². The summed E-state index contributed by atoms with van der Waals surface area (Å²) >= 11 is 0. The second-order valence-corrected chi connectivity index (χ2v) is 4.32. The van der Waals surface area contributed by atoms with Gasteiger partial charge < -0.3 is 4.74 Å². The first-order chi connectivity index (χ1) is 6.66. The van der Waals surface area contributed by atoms with Crippen LogP contribution in [0.2, 0.25) is 0 Å². The Morgan fingerprint density at radius 2 is 1.86 bits per heavy atom. The quantitative estimate of drug-likeness (QED) is 0.690. The van der Waals surface area contributed by atoms with E-state index in [-0.39, 0.29) is 11.6 Å². The fourth-order valence-corrected chi connectivity index (χ4v) is 2.44. The Hall–Kier alpha value is -0.590. The van der Waals surface area contributed by atoms with Crippen LogP contribution in [0.3, 0.4) is 0 Å². The lowest BCUT2D eigenvalue weighted by molar-refractivity contribution is -0.0754. The van der Waals surface area contributed by atoms with E-state index in [0.717, 1.165) is 12.8 Å². The lowest BCUT2D eigenvalue weighted by Crippen LogP contribution is -2.51. The van der Waals surface area contributed by atoms with Crippen molar-refractivity contribution in [2.45, 2.75) is 43.7 Å². The zero-order valence-corrected chi connectivity index (χ0v) is 9.42. The summed E-state index contributed by atoms with van der Waals surface area (Å²) in [6.07, 6.45) is 5.66. The van der Waals surface area contributed by atoms with Gasteiger partial charge in [-0.05, 0) is 26.9 Å². The van der Waals surface area contributed by atoms with Gasteiger partial charge in [-0.25, -0.2) is 0 Å². The van der Waals surface area contributed by atoms with E-state index in [2.05, 4.69) is 6.07 Å². The molecule has 0 aromatic heterocycles. The van der Waals surface area contributed by atoms with Crippen molar-refractivity contribution in [3.63, 3.8) is 0 Å². The molecule has 1 unspecified atom stereocenters. The number of hydrogen-bond acceptors (Lipinski definition) is 3. The normalized spacial score (nSPS) is 23.1. The molecule has 1 aliphatic rings. The molecule has 0 saturated heterocycles. The van der Waals surface area contributed by atoms with Crippen molar-refractivity contribution in [3.8, 4) is 6.07 Å². The molecule has 14 heavy (non-hydrogen) atoms. The van der Waals surface area contributed by atoms with Crippen LogP contribution in [-0.4, -0.2) is 37.7 Å². The third kappa shape index (κ3) is 2.08. The van der Waals surface area contributed by atoms with Gasteiger partial charge in [0.1, 0.15) is 6.04 Å². The number of ether oxygens (including phenoxy) is 1. The minimum atomic E-state index is -0.226. The molecule has 0 aromatic rings. The largest absolute Gasteiger partial charge is 0.375 e. The average Bonchev–Trinajstić information content (AvgIpc) is 2.19. The minimum absolute atomic E-state index is 0.118. The van der Waals surface area contributed by atoms with Gasteiger partial charge in [-0.15, -0.1) is 0 Å². The molecule has 0 bridgehead atoms. The van der Waals surface area contributed by atoms with Gasteiger partial charge in [-0.3, -0.25) is 4.90 Å². The maximum atomic E-state index is 9.17. The zero-order chi connectivity index (χ0) is 10.6. The van der Waals surface area contributed by atoms with E-state index >= 15 is 0 Å². The summed E-state index contributed by atoms with van der Waals surface area (Å²) in [5, 5.41) is 9.17. The standard InChI is InChI=1S/C11H20N2O/c1-13(2)10(9-12)11(14-3)7-5-4-6-8-11/h10H,4-8H2,1-3H3. The first kappa shape index (κ1) is 11.5. The molecule has 0 spiro atoms. The highest BCUT2D eigenvalue weighted by Crippen LogP contribution is 2.35. The molecule has 1 rings (SSSR count). The number of rotatable bonds is 3. The van der Waals surface area contributed by atoms with Gasteiger partial charge in [0.15, 0.2) is 0 Å². The molecule has 0 N–H and O–H groups in total. The summed E-state index contributed by atoms with van der Waals surface area (Å²) in [4.78, 5) is 1.97. The molecule has 0 radical (unpaired) electrons. The van der Waals surface area contributed by atoms with E-state index in [1.807, 2.05) is 19.0 Å². The second kappa shape index (κ2) is 4.77. The first-order valence-corrected chi connectivity index (χ1v) is 5.27. The highest BCUT2D eigenvalue weighted by molar-refractivity contribution is 5.06. The van der Waals surface area contributed by atoms with E-state index in [0.29, 0.717) is 0 Å². The zero-order valence-electron chi connectivity index (χ0n) is 9.42. The third-order valence-corrected chi connectivity index (χ3v) is 3.24. The summed E-state index contributed by atoms with van der Waals surface area (Å²) < 4.78 is 5.63. The number of methoxy groups -OCH3 is 1. The van der Waals surface area contributed by atoms with Crippen LogP contribution in [0.4, 0.5) is 0 Å². The van der Waals surface area contributed by atoms with Crippen molar-refractivity contribution in [2.24, 2.45) is 0 Å². The minimum Gasteiger partial charge on any atom is -0.375 e. The Labute approximate surface area is 86.6 Å². The van der Waals surface area contributed by atoms with Gasteiger partial charge in [0.2, 0.25) is 0 Å². The highest BCUT2D eigenvalue weighted by Gasteiger charge is 2.41. The summed E-state index contributed by atoms with van der Waals surface area (Å²) in [5.41, 5.74) is -0.226. The fourth-order valence-electron chi connectivity index (χ4n) is 2.44. The van der Waals surface area contributed by atoms with E-state index < -0.39 is 0 Å². The third-order valence-electron chi connectivity index (χ3n) is 3.24. The monoisotopic (exact) mass is 196 g/mol. The Balaban J connectivity index is 2.81. The molecule has 0 amide bonds. The molecule has 1 atom stereocenters. The molecule has 0 aromatic carbocycles. The van der Waals surface area contributed by atoms with Crippen LogP contribution in [0, 0.1) is 11.3 Å². The van der Waals surface area contributed by atoms with E-state index in [4.69, 9.17) is 4.74 Å². The predicted molar refractivity (Wildman–Crippen MR) is 55.9 cm³/mol. The van der Waals surface area contributed by atoms with Crippen LogP contribution in [0.25, 0.3) is 0 Å². The molecular formula is C11H20N2O. The van der Waals surface area contributed by atoms with Crippen LogP contribution in [0.1, 0.15) is 32.1 Å². The van der Waals surface area contributed by atoms with E-state index in [9.17, 15) is 5.26 Å². The maximum Gasteiger partial charge on any atom is 0.127 e. The maximum absolute atomic E-state index is 9.17. The SMILES string of the molecule is COC1(C(C#N)N(C)C)CCCCC1. The number of likely N-dealkylation sites (N-methyl/N-ethyl adjacent to an activating group) is 1. The number of hydrogen-bond donors (Lipinski definition) is 0. The van der Waals surface area contributed by atoms with Gasteiger partial charge in [-0.2, -0.15) is 5.26 Å².